The molecule has 0 radical (unpaired) electrons. The van der Waals surface area contributed by atoms with Crippen molar-refractivity contribution in [3.05, 3.63) is 35.4 Å². The highest BCUT2D eigenvalue weighted by Crippen LogP contribution is 2.10. The molecule has 0 unspecified atom stereocenters. The van der Waals surface area contributed by atoms with Crippen LogP contribution >= 0.6 is 0 Å². The van der Waals surface area contributed by atoms with Gasteiger partial charge in [-0.3, -0.25) is 4.90 Å². The zero-order valence-electron chi connectivity index (χ0n) is 11.9. The molecule has 1 heterocycles. The topological polar surface area (TPSA) is 15.3 Å². The summed E-state index contributed by atoms with van der Waals surface area (Å²) in [5.74, 6) is 0. The van der Waals surface area contributed by atoms with E-state index in [0.717, 1.165) is 6.54 Å². The van der Waals surface area contributed by atoms with Gasteiger partial charge in [0, 0.05) is 25.2 Å². The summed E-state index contributed by atoms with van der Waals surface area (Å²) >= 11 is 0. The second-order valence-corrected chi connectivity index (χ2v) is 5.74. The van der Waals surface area contributed by atoms with Gasteiger partial charge in [0.15, 0.2) is 0 Å². The minimum atomic E-state index is 0.639. The third-order valence-electron chi connectivity index (χ3n) is 3.92. The molecule has 0 bridgehead atoms. The van der Waals surface area contributed by atoms with E-state index < -0.39 is 0 Å². The second kappa shape index (κ2) is 6.35. The number of nitrogens with one attached hydrogen (secondary N) is 1. The van der Waals surface area contributed by atoms with Gasteiger partial charge in [-0.1, -0.05) is 29.8 Å². The molecule has 100 valence electrons. The number of aryl methyl sites for hydroxylation is 2. The lowest BCUT2D eigenvalue weighted by atomic mass is 10.1. The molecular formula is C16H26N2. The van der Waals surface area contributed by atoms with Crippen molar-refractivity contribution in [3.8, 4) is 0 Å². The van der Waals surface area contributed by atoms with Gasteiger partial charge in [-0.15, -0.1) is 0 Å². The van der Waals surface area contributed by atoms with Crippen molar-refractivity contribution in [3.63, 3.8) is 0 Å². The third kappa shape index (κ3) is 3.82. The summed E-state index contributed by atoms with van der Waals surface area (Å²) in [6.45, 7) is 10.3. The number of hydrogen-bond acceptors (Lipinski definition) is 2. The van der Waals surface area contributed by atoms with Crippen LogP contribution in [0.15, 0.2) is 24.3 Å². The van der Waals surface area contributed by atoms with Crippen LogP contribution in [0.25, 0.3) is 0 Å². The van der Waals surface area contributed by atoms with Gasteiger partial charge in [0.25, 0.3) is 0 Å². The van der Waals surface area contributed by atoms with Gasteiger partial charge in [-0.25, -0.2) is 0 Å². The van der Waals surface area contributed by atoms with Crippen LogP contribution in [0.1, 0.15) is 31.4 Å². The molecule has 0 aromatic heterocycles. The quantitative estimate of drug-likeness (QED) is 0.878. The van der Waals surface area contributed by atoms with Crippen LogP contribution in [-0.2, 0) is 6.42 Å². The third-order valence-corrected chi connectivity index (χ3v) is 3.92. The molecular weight excluding hydrogens is 220 g/mol. The van der Waals surface area contributed by atoms with E-state index in [1.807, 2.05) is 0 Å². The van der Waals surface area contributed by atoms with Crippen LogP contribution in [0.3, 0.4) is 0 Å². The summed E-state index contributed by atoms with van der Waals surface area (Å²) in [7, 11) is 0. The maximum atomic E-state index is 3.53. The predicted molar refractivity (Wildman–Crippen MR) is 78.0 cm³/mol. The van der Waals surface area contributed by atoms with E-state index in [1.54, 1.807) is 0 Å². The molecule has 2 rings (SSSR count). The number of piperazine rings is 1. The SMILES string of the molecule is Cc1ccc(CCCN2C[C@@H](C)NC[C@@H]2C)cc1. The Morgan fingerprint density at radius 1 is 1.22 bits per heavy atom. The maximum Gasteiger partial charge on any atom is 0.0193 e. The fourth-order valence-corrected chi connectivity index (χ4v) is 2.65. The van der Waals surface area contributed by atoms with Gasteiger partial charge < -0.3 is 5.32 Å². The van der Waals surface area contributed by atoms with E-state index in [4.69, 9.17) is 0 Å². The van der Waals surface area contributed by atoms with E-state index in [2.05, 4.69) is 55.3 Å². The van der Waals surface area contributed by atoms with E-state index >= 15 is 0 Å². The summed E-state index contributed by atoms with van der Waals surface area (Å²) in [5, 5.41) is 3.53. The van der Waals surface area contributed by atoms with Crippen molar-refractivity contribution >= 4 is 0 Å². The number of rotatable bonds is 4. The van der Waals surface area contributed by atoms with Gasteiger partial charge in [0.1, 0.15) is 0 Å². The van der Waals surface area contributed by atoms with E-state index in [-0.39, 0.29) is 0 Å². The number of hydrogen-bond donors (Lipinski definition) is 1. The minimum absolute atomic E-state index is 0.639. The zero-order valence-corrected chi connectivity index (χ0v) is 11.9. The van der Waals surface area contributed by atoms with Gasteiger partial charge in [0.05, 0.1) is 0 Å². The molecule has 1 aromatic carbocycles. The Balaban J connectivity index is 1.76. The molecule has 1 aromatic rings. The highest BCUT2D eigenvalue weighted by atomic mass is 15.2. The van der Waals surface area contributed by atoms with E-state index in [1.165, 1.54) is 37.1 Å². The van der Waals surface area contributed by atoms with Gasteiger partial charge in [0.2, 0.25) is 0 Å². The van der Waals surface area contributed by atoms with Crippen molar-refractivity contribution in [2.75, 3.05) is 19.6 Å². The maximum absolute atomic E-state index is 3.53. The van der Waals surface area contributed by atoms with Gasteiger partial charge in [-0.05, 0) is 45.7 Å². The van der Waals surface area contributed by atoms with Crippen LogP contribution in [0, 0.1) is 6.92 Å². The molecule has 0 saturated carbocycles. The Bertz CT molecular complexity index is 358. The fourth-order valence-electron chi connectivity index (χ4n) is 2.65. The molecule has 2 nitrogen and oxygen atoms in total. The largest absolute Gasteiger partial charge is 0.311 e. The van der Waals surface area contributed by atoms with Gasteiger partial charge >= 0.3 is 0 Å². The van der Waals surface area contributed by atoms with Crippen LogP contribution in [0.2, 0.25) is 0 Å². The molecule has 1 saturated heterocycles. The molecule has 1 N–H and O–H groups in total. The van der Waals surface area contributed by atoms with Crippen LogP contribution in [0.4, 0.5) is 0 Å². The van der Waals surface area contributed by atoms with E-state index in [9.17, 15) is 0 Å². The standard InChI is InChI=1S/C16H26N2/c1-13-6-8-16(9-7-13)5-4-10-18-12-14(2)17-11-15(18)3/h6-9,14-15,17H,4-5,10-12H2,1-3H3/t14-,15+/m1/s1. The Morgan fingerprint density at radius 3 is 2.67 bits per heavy atom. The van der Waals surface area contributed by atoms with Crippen molar-refractivity contribution < 1.29 is 0 Å². The first kappa shape index (κ1) is 13.6. The monoisotopic (exact) mass is 246 g/mol. The molecule has 0 amide bonds. The lowest BCUT2D eigenvalue weighted by molar-refractivity contribution is 0.145. The summed E-state index contributed by atoms with van der Waals surface area (Å²) in [5.41, 5.74) is 2.82. The predicted octanol–water partition coefficient (Wildman–Crippen LogP) is 2.61. The molecule has 2 heteroatoms. The lowest BCUT2D eigenvalue weighted by Gasteiger charge is -2.37. The normalized spacial score (nSPS) is 25.3. The first-order chi connectivity index (χ1) is 8.65. The lowest BCUT2D eigenvalue weighted by Crippen LogP contribution is -2.54. The van der Waals surface area contributed by atoms with Crippen molar-refractivity contribution in [1.82, 2.24) is 10.2 Å². The number of nitrogens with zero attached hydrogens (tertiary/aromatic N) is 1. The van der Waals surface area contributed by atoms with Crippen molar-refractivity contribution in [2.45, 2.75) is 45.7 Å². The molecule has 1 aliphatic rings. The highest BCUT2D eigenvalue weighted by Gasteiger charge is 2.21. The Labute approximate surface area is 111 Å². The van der Waals surface area contributed by atoms with E-state index in [0.29, 0.717) is 12.1 Å². The molecule has 1 aliphatic heterocycles. The van der Waals surface area contributed by atoms with Gasteiger partial charge in [-0.2, -0.15) is 0 Å². The summed E-state index contributed by atoms with van der Waals surface area (Å²) in [6, 6.07) is 10.3. The minimum Gasteiger partial charge on any atom is -0.311 e. The van der Waals surface area contributed by atoms with Crippen LogP contribution < -0.4 is 5.32 Å². The Kier molecular flexibility index (Phi) is 4.79. The summed E-state index contributed by atoms with van der Waals surface area (Å²) < 4.78 is 0. The fraction of sp³-hybridized carbons (Fsp3) is 0.625. The van der Waals surface area contributed by atoms with Crippen molar-refractivity contribution in [1.29, 1.82) is 0 Å². The van der Waals surface area contributed by atoms with Crippen molar-refractivity contribution in [2.24, 2.45) is 0 Å². The zero-order chi connectivity index (χ0) is 13.0. The average Bonchev–Trinajstić information content (AvgIpc) is 2.36. The number of benzene rings is 1. The molecule has 18 heavy (non-hydrogen) atoms. The molecule has 0 aliphatic carbocycles. The first-order valence-corrected chi connectivity index (χ1v) is 7.18. The molecule has 1 fully saturated rings. The summed E-state index contributed by atoms with van der Waals surface area (Å²) in [6.07, 6.45) is 2.46. The second-order valence-electron chi connectivity index (χ2n) is 5.74. The highest BCUT2D eigenvalue weighted by molar-refractivity contribution is 5.21. The smallest absolute Gasteiger partial charge is 0.0193 e. The molecule has 2 atom stereocenters. The Hall–Kier alpha value is -0.860. The summed E-state index contributed by atoms with van der Waals surface area (Å²) in [4.78, 5) is 2.62. The average molecular weight is 246 g/mol. The molecule has 0 spiro atoms. The van der Waals surface area contributed by atoms with Crippen LogP contribution in [-0.4, -0.2) is 36.6 Å². The Morgan fingerprint density at radius 2 is 1.94 bits per heavy atom. The van der Waals surface area contributed by atoms with Crippen LogP contribution in [0.5, 0.6) is 0 Å². The first-order valence-electron chi connectivity index (χ1n) is 7.18.